The lowest BCUT2D eigenvalue weighted by Crippen LogP contribution is -2.35. The van der Waals surface area contributed by atoms with Gasteiger partial charge in [0.25, 0.3) is 5.91 Å². The average molecular weight is 272 g/mol. The van der Waals surface area contributed by atoms with Crippen molar-refractivity contribution < 1.29 is 9.59 Å². The molecule has 1 aromatic carbocycles. The molecule has 3 amide bonds. The predicted molar refractivity (Wildman–Crippen MR) is 78.1 cm³/mol. The summed E-state index contributed by atoms with van der Waals surface area (Å²) in [4.78, 5) is 27.6. The molecule has 0 aliphatic carbocycles. The highest BCUT2D eigenvalue weighted by atomic mass is 16.2. The highest BCUT2D eigenvalue weighted by molar-refractivity contribution is 6.02. The van der Waals surface area contributed by atoms with Crippen LogP contribution in [0, 0.1) is 0 Å². The molecule has 1 aromatic rings. The van der Waals surface area contributed by atoms with E-state index in [9.17, 15) is 9.59 Å². The largest absolute Gasteiger partial charge is 0.327 e. The second-order valence-electron chi connectivity index (χ2n) is 5.42. The van der Waals surface area contributed by atoms with Gasteiger partial charge in [-0.25, -0.2) is 4.79 Å². The summed E-state index contributed by atoms with van der Waals surface area (Å²) < 4.78 is 0. The lowest BCUT2D eigenvalue weighted by atomic mass is 10.0. The van der Waals surface area contributed by atoms with Gasteiger partial charge in [-0.2, -0.15) is 0 Å². The molecule has 2 rings (SSSR count). The zero-order valence-electron chi connectivity index (χ0n) is 12.3. The molecule has 0 unspecified atom stereocenters. The number of allylic oxidation sites excluding steroid dienone is 1. The van der Waals surface area contributed by atoms with Crippen molar-refractivity contribution >= 4 is 11.9 Å². The molecule has 0 spiro atoms. The van der Waals surface area contributed by atoms with Gasteiger partial charge in [0.1, 0.15) is 0 Å². The van der Waals surface area contributed by atoms with Crippen molar-refractivity contribution in [3.63, 3.8) is 0 Å². The van der Waals surface area contributed by atoms with E-state index in [1.807, 2.05) is 51.1 Å². The Morgan fingerprint density at radius 1 is 1.20 bits per heavy atom. The summed E-state index contributed by atoms with van der Waals surface area (Å²) in [5, 5.41) is 0. The molecule has 0 N–H and O–H groups in total. The van der Waals surface area contributed by atoms with Crippen molar-refractivity contribution in [1.29, 1.82) is 0 Å². The van der Waals surface area contributed by atoms with Gasteiger partial charge in [-0.15, -0.1) is 0 Å². The van der Waals surface area contributed by atoms with Crippen LogP contribution in [-0.4, -0.2) is 34.8 Å². The molecule has 1 aliphatic rings. The Labute approximate surface area is 119 Å². The molecule has 1 fully saturated rings. The zero-order chi connectivity index (χ0) is 14.9. The maximum atomic E-state index is 12.3. The fourth-order valence-corrected chi connectivity index (χ4v) is 2.52. The molecule has 0 bridgehead atoms. The third-order valence-corrected chi connectivity index (χ3v) is 3.64. The first-order valence-corrected chi connectivity index (χ1v) is 6.73. The maximum absolute atomic E-state index is 12.3. The highest BCUT2D eigenvalue weighted by Crippen LogP contribution is 2.34. The third-order valence-electron chi connectivity index (χ3n) is 3.64. The Hall–Kier alpha value is -2.10. The number of rotatable bonds is 2. The van der Waals surface area contributed by atoms with E-state index in [0.717, 1.165) is 11.1 Å². The Morgan fingerprint density at radius 3 is 2.35 bits per heavy atom. The molecule has 1 saturated heterocycles. The molecule has 1 aliphatic heterocycles. The van der Waals surface area contributed by atoms with Gasteiger partial charge >= 0.3 is 6.03 Å². The number of imide groups is 1. The van der Waals surface area contributed by atoms with Gasteiger partial charge in [0, 0.05) is 13.1 Å². The first kappa shape index (κ1) is 14.3. The number of carbonyl (C=O) groups excluding carboxylic acids is 2. The Bertz CT molecular complexity index is 547. The van der Waals surface area contributed by atoms with Crippen molar-refractivity contribution in [3.8, 4) is 0 Å². The minimum Gasteiger partial charge on any atom is -0.322 e. The number of hydrogen-bond acceptors (Lipinski definition) is 2. The van der Waals surface area contributed by atoms with E-state index in [4.69, 9.17) is 0 Å². The third kappa shape index (κ3) is 2.46. The van der Waals surface area contributed by atoms with Crippen molar-refractivity contribution in [2.24, 2.45) is 0 Å². The SMILES string of the molecule is CC(C)=CC(=O)N1C(=O)N(C)[C@@H](C)[C@H]1c1ccccc1. The molecule has 0 aromatic heterocycles. The van der Waals surface area contributed by atoms with Crippen LogP contribution >= 0.6 is 0 Å². The van der Waals surface area contributed by atoms with E-state index in [1.54, 1.807) is 11.9 Å². The minimum atomic E-state index is -0.250. The summed E-state index contributed by atoms with van der Waals surface area (Å²) in [7, 11) is 1.73. The molecular weight excluding hydrogens is 252 g/mol. The topological polar surface area (TPSA) is 40.6 Å². The Morgan fingerprint density at radius 2 is 1.80 bits per heavy atom. The van der Waals surface area contributed by atoms with E-state index in [-0.39, 0.29) is 24.0 Å². The predicted octanol–water partition coefficient (Wildman–Crippen LogP) is 2.98. The molecule has 4 nitrogen and oxygen atoms in total. The zero-order valence-corrected chi connectivity index (χ0v) is 12.3. The first-order valence-electron chi connectivity index (χ1n) is 6.73. The van der Waals surface area contributed by atoms with E-state index in [1.165, 1.54) is 11.0 Å². The van der Waals surface area contributed by atoms with E-state index < -0.39 is 0 Å². The van der Waals surface area contributed by atoms with Crippen molar-refractivity contribution in [1.82, 2.24) is 9.80 Å². The van der Waals surface area contributed by atoms with Crippen LogP contribution in [0.3, 0.4) is 0 Å². The van der Waals surface area contributed by atoms with Gasteiger partial charge in [0.15, 0.2) is 0 Å². The van der Waals surface area contributed by atoms with Crippen LogP contribution < -0.4 is 0 Å². The number of hydrogen-bond donors (Lipinski definition) is 0. The maximum Gasteiger partial charge on any atom is 0.327 e. The second-order valence-corrected chi connectivity index (χ2v) is 5.42. The first-order chi connectivity index (χ1) is 9.43. The smallest absolute Gasteiger partial charge is 0.322 e. The van der Waals surface area contributed by atoms with Crippen molar-refractivity contribution in [2.75, 3.05) is 7.05 Å². The molecule has 0 saturated carbocycles. The van der Waals surface area contributed by atoms with Gasteiger partial charge in [-0.05, 0) is 26.3 Å². The van der Waals surface area contributed by atoms with Crippen LogP contribution in [0.25, 0.3) is 0 Å². The lowest BCUT2D eigenvalue weighted by Gasteiger charge is -2.23. The molecule has 1 heterocycles. The molecule has 0 radical (unpaired) electrons. The van der Waals surface area contributed by atoms with Gasteiger partial charge < -0.3 is 4.90 Å². The summed E-state index contributed by atoms with van der Waals surface area (Å²) in [6.07, 6.45) is 1.51. The summed E-state index contributed by atoms with van der Waals surface area (Å²) in [5.74, 6) is -0.250. The van der Waals surface area contributed by atoms with Crippen LogP contribution in [0.4, 0.5) is 4.79 Å². The Kier molecular flexibility index (Phi) is 3.93. The standard InChI is InChI=1S/C16H20N2O2/c1-11(2)10-14(19)18-15(12(3)17(4)16(18)20)13-8-6-5-7-9-13/h5-10,12,15H,1-4H3/t12-,15-/m0/s1. The quantitative estimate of drug-likeness (QED) is 0.777. The fourth-order valence-electron chi connectivity index (χ4n) is 2.52. The number of nitrogens with zero attached hydrogens (tertiary/aromatic N) is 2. The van der Waals surface area contributed by atoms with E-state index >= 15 is 0 Å². The van der Waals surface area contributed by atoms with Crippen LogP contribution in [0.15, 0.2) is 42.0 Å². The van der Waals surface area contributed by atoms with Crippen molar-refractivity contribution in [3.05, 3.63) is 47.5 Å². The average Bonchev–Trinajstić information content (AvgIpc) is 2.63. The van der Waals surface area contributed by atoms with Crippen LogP contribution in [0.5, 0.6) is 0 Å². The minimum absolute atomic E-state index is 0.0422. The normalized spacial score (nSPS) is 22.1. The number of benzene rings is 1. The highest BCUT2D eigenvalue weighted by Gasteiger charge is 2.44. The molecule has 2 atom stereocenters. The molecule has 4 heteroatoms. The lowest BCUT2D eigenvalue weighted by molar-refractivity contribution is -0.124. The van der Waals surface area contributed by atoms with Gasteiger partial charge in [-0.3, -0.25) is 9.69 Å². The summed E-state index contributed by atoms with van der Waals surface area (Å²) in [6, 6.07) is 9.16. The Balaban J connectivity index is 2.43. The van der Waals surface area contributed by atoms with E-state index in [0.29, 0.717) is 0 Å². The molecule has 106 valence electrons. The van der Waals surface area contributed by atoms with Crippen LogP contribution in [-0.2, 0) is 4.79 Å². The summed E-state index contributed by atoms with van der Waals surface area (Å²) in [6.45, 7) is 5.66. The van der Waals surface area contributed by atoms with Crippen molar-refractivity contribution in [2.45, 2.75) is 32.9 Å². The monoisotopic (exact) mass is 272 g/mol. The van der Waals surface area contributed by atoms with E-state index in [2.05, 4.69) is 0 Å². The number of urea groups is 1. The van der Waals surface area contributed by atoms with Gasteiger partial charge in [0.2, 0.25) is 0 Å². The number of likely N-dealkylation sites (N-methyl/N-ethyl adjacent to an activating group) is 1. The summed E-state index contributed by atoms with van der Waals surface area (Å²) in [5.41, 5.74) is 1.87. The fraction of sp³-hybridized carbons (Fsp3) is 0.375. The second kappa shape index (κ2) is 5.49. The van der Waals surface area contributed by atoms with Crippen LogP contribution in [0.1, 0.15) is 32.4 Å². The van der Waals surface area contributed by atoms with Gasteiger partial charge in [-0.1, -0.05) is 35.9 Å². The molecule has 20 heavy (non-hydrogen) atoms. The molecular formula is C16H20N2O2. The summed E-state index contributed by atoms with van der Waals surface area (Å²) >= 11 is 0. The number of amides is 3. The number of carbonyl (C=O) groups is 2. The van der Waals surface area contributed by atoms with Crippen LogP contribution in [0.2, 0.25) is 0 Å². The van der Waals surface area contributed by atoms with Gasteiger partial charge in [0.05, 0.1) is 12.1 Å².